The number of carbonyl (C=O) groups excluding carboxylic acids is 1. The number of hydrazone groups is 1. The summed E-state index contributed by atoms with van der Waals surface area (Å²) < 4.78 is 7.00. The molecule has 0 saturated heterocycles. The lowest BCUT2D eigenvalue weighted by molar-refractivity contribution is 0.0927. The summed E-state index contributed by atoms with van der Waals surface area (Å²) in [5.41, 5.74) is 5.45. The molecule has 0 spiro atoms. The Morgan fingerprint density at radius 3 is 2.62 bits per heavy atom. The van der Waals surface area contributed by atoms with Crippen LogP contribution in [0.25, 0.3) is 5.69 Å². The molecule has 3 aromatic rings. The van der Waals surface area contributed by atoms with Gasteiger partial charge in [-0.15, -0.1) is 0 Å². The average molecular weight is 322 g/mol. The Kier molecular flexibility index (Phi) is 4.47. The second kappa shape index (κ2) is 6.87. The third-order valence-corrected chi connectivity index (χ3v) is 3.53. The molecule has 0 saturated carbocycles. The fourth-order valence-electron chi connectivity index (χ4n) is 2.27. The number of rotatable bonds is 5. The lowest BCUT2D eigenvalue weighted by Crippen LogP contribution is -2.17. The van der Waals surface area contributed by atoms with Gasteiger partial charge >= 0.3 is 5.91 Å². The zero-order valence-electron chi connectivity index (χ0n) is 13.5. The quantitative estimate of drug-likeness (QED) is 0.580. The molecule has 122 valence electrons. The lowest BCUT2D eigenvalue weighted by Gasteiger charge is -2.13. The Bertz CT molecular complexity index is 830. The van der Waals surface area contributed by atoms with Crippen LogP contribution in [0.2, 0.25) is 0 Å². The van der Waals surface area contributed by atoms with Gasteiger partial charge in [0, 0.05) is 31.7 Å². The molecule has 0 aliphatic rings. The summed E-state index contributed by atoms with van der Waals surface area (Å²) in [6.07, 6.45) is 4.99. The molecular formula is C18H18N4O2. The molecule has 0 aliphatic heterocycles. The van der Waals surface area contributed by atoms with Crippen LogP contribution in [0.5, 0.6) is 0 Å². The molecule has 6 nitrogen and oxygen atoms in total. The van der Waals surface area contributed by atoms with E-state index in [2.05, 4.69) is 22.7 Å². The topological polar surface area (TPSA) is 62.8 Å². The third-order valence-electron chi connectivity index (χ3n) is 3.53. The van der Waals surface area contributed by atoms with Crippen LogP contribution in [0.4, 0.5) is 5.69 Å². The summed E-state index contributed by atoms with van der Waals surface area (Å²) in [5.74, 6) is -0.161. The third kappa shape index (κ3) is 3.38. The van der Waals surface area contributed by atoms with E-state index in [1.54, 1.807) is 18.3 Å². The van der Waals surface area contributed by atoms with Crippen molar-refractivity contribution in [2.75, 3.05) is 19.0 Å². The fraction of sp³-hybridized carbons (Fsp3) is 0.111. The molecule has 1 N–H and O–H groups in total. The highest BCUT2D eigenvalue weighted by atomic mass is 16.3. The van der Waals surface area contributed by atoms with Crippen LogP contribution < -0.4 is 10.3 Å². The minimum absolute atomic E-state index is 0.224. The minimum atomic E-state index is -0.385. The molecule has 1 aromatic carbocycles. The van der Waals surface area contributed by atoms with Gasteiger partial charge < -0.3 is 13.9 Å². The van der Waals surface area contributed by atoms with Gasteiger partial charge in [-0.1, -0.05) is 0 Å². The zero-order chi connectivity index (χ0) is 16.9. The highest BCUT2D eigenvalue weighted by Gasteiger charge is 2.06. The van der Waals surface area contributed by atoms with Crippen molar-refractivity contribution in [1.82, 2.24) is 9.99 Å². The Hall–Kier alpha value is -3.28. The fourth-order valence-corrected chi connectivity index (χ4v) is 2.27. The van der Waals surface area contributed by atoms with Crippen LogP contribution in [0.1, 0.15) is 16.2 Å². The standard InChI is InChI=1S/C18H18N4O2/c1-21(2)14-7-9-15(10-8-14)22-11-3-5-16(22)13-19-20-18(23)17-6-4-12-24-17/h3-13H,1-2H3,(H,20,23)/b19-13+. The van der Waals surface area contributed by atoms with Gasteiger partial charge in [0.15, 0.2) is 5.76 Å². The molecule has 6 heteroatoms. The summed E-state index contributed by atoms with van der Waals surface area (Å²) in [4.78, 5) is 13.8. The summed E-state index contributed by atoms with van der Waals surface area (Å²) in [7, 11) is 4.01. The summed E-state index contributed by atoms with van der Waals surface area (Å²) >= 11 is 0. The molecule has 0 radical (unpaired) electrons. The Morgan fingerprint density at radius 1 is 1.17 bits per heavy atom. The first-order valence-electron chi connectivity index (χ1n) is 7.47. The number of carbonyl (C=O) groups is 1. The number of benzene rings is 1. The molecule has 24 heavy (non-hydrogen) atoms. The first-order valence-corrected chi connectivity index (χ1v) is 7.47. The Morgan fingerprint density at radius 2 is 1.96 bits per heavy atom. The number of hydrogen-bond acceptors (Lipinski definition) is 4. The second-order valence-electron chi connectivity index (χ2n) is 5.39. The molecule has 2 heterocycles. The van der Waals surface area contributed by atoms with Crippen molar-refractivity contribution in [2.24, 2.45) is 5.10 Å². The van der Waals surface area contributed by atoms with Gasteiger partial charge in [0.25, 0.3) is 0 Å². The highest BCUT2D eigenvalue weighted by molar-refractivity contribution is 5.92. The maximum atomic E-state index is 11.8. The largest absolute Gasteiger partial charge is 0.459 e. The van der Waals surface area contributed by atoms with Crippen LogP contribution in [0, 0.1) is 0 Å². The van der Waals surface area contributed by atoms with E-state index in [0.29, 0.717) is 0 Å². The number of furan rings is 1. The van der Waals surface area contributed by atoms with E-state index < -0.39 is 0 Å². The second-order valence-corrected chi connectivity index (χ2v) is 5.39. The number of nitrogens with zero attached hydrogens (tertiary/aromatic N) is 3. The van der Waals surface area contributed by atoms with Crippen LogP contribution in [0.3, 0.4) is 0 Å². The first kappa shape index (κ1) is 15.6. The number of aromatic nitrogens is 1. The van der Waals surface area contributed by atoms with Gasteiger partial charge in [-0.25, -0.2) is 5.43 Å². The predicted octanol–water partition coefficient (Wildman–Crippen LogP) is 2.90. The van der Waals surface area contributed by atoms with Gasteiger partial charge in [-0.05, 0) is 48.5 Å². The van der Waals surface area contributed by atoms with E-state index in [9.17, 15) is 4.79 Å². The van der Waals surface area contributed by atoms with Gasteiger partial charge in [-0.3, -0.25) is 4.79 Å². The number of hydrogen-bond donors (Lipinski definition) is 1. The van der Waals surface area contributed by atoms with Crippen molar-refractivity contribution in [3.63, 3.8) is 0 Å². The average Bonchev–Trinajstić information content (AvgIpc) is 3.26. The molecule has 0 unspecified atom stereocenters. The van der Waals surface area contributed by atoms with Crippen molar-refractivity contribution in [1.29, 1.82) is 0 Å². The SMILES string of the molecule is CN(C)c1ccc(-n2cccc2/C=N/NC(=O)c2ccco2)cc1. The molecule has 0 fully saturated rings. The molecule has 0 bridgehead atoms. The molecule has 2 aromatic heterocycles. The maximum Gasteiger partial charge on any atom is 0.307 e. The van der Waals surface area contributed by atoms with Crippen LogP contribution >= 0.6 is 0 Å². The van der Waals surface area contributed by atoms with Crippen molar-refractivity contribution < 1.29 is 9.21 Å². The number of amides is 1. The monoisotopic (exact) mass is 322 g/mol. The number of anilines is 1. The van der Waals surface area contributed by atoms with E-state index in [1.165, 1.54) is 6.26 Å². The zero-order valence-corrected chi connectivity index (χ0v) is 13.5. The van der Waals surface area contributed by atoms with Crippen LogP contribution in [-0.2, 0) is 0 Å². The van der Waals surface area contributed by atoms with Crippen molar-refractivity contribution in [3.8, 4) is 5.69 Å². The van der Waals surface area contributed by atoms with E-state index >= 15 is 0 Å². The molecule has 1 amide bonds. The lowest BCUT2D eigenvalue weighted by atomic mass is 10.2. The first-order chi connectivity index (χ1) is 11.6. The minimum Gasteiger partial charge on any atom is -0.459 e. The molecular weight excluding hydrogens is 304 g/mol. The Labute approximate surface area is 140 Å². The molecule has 0 aliphatic carbocycles. The smallest absolute Gasteiger partial charge is 0.307 e. The van der Waals surface area contributed by atoms with Crippen molar-refractivity contribution >= 4 is 17.8 Å². The maximum absolute atomic E-state index is 11.8. The van der Waals surface area contributed by atoms with E-state index in [1.807, 2.05) is 54.0 Å². The molecule has 3 rings (SSSR count). The summed E-state index contributed by atoms with van der Waals surface area (Å²) in [6, 6.07) is 15.3. The van der Waals surface area contributed by atoms with Gasteiger partial charge in [0.05, 0.1) is 18.2 Å². The van der Waals surface area contributed by atoms with Gasteiger partial charge in [-0.2, -0.15) is 5.10 Å². The Balaban J connectivity index is 1.73. The molecule has 0 atom stereocenters. The summed E-state index contributed by atoms with van der Waals surface area (Å²) in [6.45, 7) is 0. The van der Waals surface area contributed by atoms with Gasteiger partial charge in [0.2, 0.25) is 0 Å². The van der Waals surface area contributed by atoms with Crippen LogP contribution in [0.15, 0.2) is 70.5 Å². The summed E-state index contributed by atoms with van der Waals surface area (Å²) in [5, 5.41) is 3.99. The highest BCUT2D eigenvalue weighted by Crippen LogP contribution is 2.17. The number of nitrogens with one attached hydrogen (secondary N) is 1. The van der Waals surface area contributed by atoms with Crippen molar-refractivity contribution in [2.45, 2.75) is 0 Å². The predicted molar refractivity (Wildman–Crippen MR) is 93.9 cm³/mol. The van der Waals surface area contributed by atoms with E-state index in [-0.39, 0.29) is 11.7 Å². The van der Waals surface area contributed by atoms with E-state index in [0.717, 1.165) is 17.1 Å². The normalized spacial score (nSPS) is 10.9. The van der Waals surface area contributed by atoms with Crippen molar-refractivity contribution in [3.05, 3.63) is 72.4 Å². The van der Waals surface area contributed by atoms with E-state index in [4.69, 9.17) is 4.42 Å². The van der Waals surface area contributed by atoms with Gasteiger partial charge in [0.1, 0.15) is 0 Å². The van der Waals surface area contributed by atoms with Crippen LogP contribution in [-0.4, -0.2) is 30.8 Å².